The van der Waals surface area contributed by atoms with Gasteiger partial charge in [-0.1, -0.05) is 93.0 Å². The molecule has 8 nitrogen and oxygen atoms in total. The molecule has 0 aliphatic heterocycles. The molecule has 2 atom stereocenters. The molecule has 0 saturated heterocycles. The van der Waals surface area contributed by atoms with Gasteiger partial charge in [-0.3, -0.25) is 9.59 Å². The normalized spacial score (nSPS) is 12.4. The Morgan fingerprint density at radius 1 is 0.660 bits per heavy atom. The van der Waals surface area contributed by atoms with Crippen LogP contribution in [0.3, 0.4) is 0 Å². The number of carbonyl (C=O) groups excluding carboxylic acids is 2. The molecule has 0 aliphatic rings. The van der Waals surface area contributed by atoms with Crippen molar-refractivity contribution in [2.75, 3.05) is 39.6 Å². The Labute approximate surface area is 280 Å². The van der Waals surface area contributed by atoms with Gasteiger partial charge >= 0.3 is 11.9 Å². The van der Waals surface area contributed by atoms with Crippen LogP contribution in [0.5, 0.6) is 11.5 Å². The quantitative estimate of drug-likeness (QED) is 0.0609. The number of carbonyl (C=O) groups is 2. The molecule has 8 heteroatoms. The molecule has 3 aromatic carbocycles. The number of hydrogen-bond acceptors (Lipinski definition) is 8. The maximum Gasteiger partial charge on any atom is 0.306 e. The summed E-state index contributed by atoms with van der Waals surface area (Å²) in [4.78, 5) is 25.1. The molecule has 0 N–H and O–H groups in total. The van der Waals surface area contributed by atoms with Crippen LogP contribution >= 0.6 is 0 Å². The van der Waals surface area contributed by atoms with Crippen molar-refractivity contribution in [3.63, 3.8) is 0 Å². The molecule has 0 heterocycles. The number of unbranched alkanes of at least 4 members (excludes halogenated alkanes) is 2. The Morgan fingerprint density at radius 3 is 1.55 bits per heavy atom. The zero-order valence-corrected chi connectivity index (χ0v) is 28.9. The van der Waals surface area contributed by atoms with Gasteiger partial charge in [0.15, 0.2) is 12.2 Å². The van der Waals surface area contributed by atoms with E-state index in [1.54, 1.807) is 0 Å². The highest BCUT2D eigenvalue weighted by molar-refractivity contribution is 6.11. The summed E-state index contributed by atoms with van der Waals surface area (Å²) in [6.45, 7) is 19.0. The Kier molecular flexibility index (Phi) is 15.8. The van der Waals surface area contributed by atoms with E-state index in [1.807, 2.05) is 71.0 Å². The van der Waals surface area contributed by atoms with Crippen LogP contribution in [0, 0.1) is 6.92 Å². The van der Waals surface area contributed by atoms with Crippen LogP contribution in [0.1, 0.15) is 71.8 Å². The minimum Gasteiger partial charge on any atom is -0.488 e. The molecule has 3 rings (SSSR count). The maximum atomic E-state index is 12.6. The van der Waals surface area contributed by atoms with Gasteiger partial charge in [0.2, 0.25) is 0 Å². The number of hydrogen-bond donors (Lipinski definition) is 0. The molecule has 0 amide bonds. The smallest absolute Gasteiger partial charge is 0.306 e. The van der Waals surface area contributed by atoms with E-state index in [9.17, 15) is 9.59 Å². The Balaban J connectivity index is 1.94. The lowest BCUT2D eigenvalue weighted by Crippen LogP contribution is -2.30. The third-order valence-electron chi connectivity index (χ3n) is 7.28. The summed E-state index contributed by atoms with van der Waals surface area (Å²) in [5.41, 5.74) is 2.81. The van der Waals surface area contributed by atoms with E-state index >= 15 is 0 Å². The first-order valence-corrected chi connectivity index (χ1v) is 16.7. The zero-order valence-electron chi connectivity index (χ0n) is 28.9. The van der Waals surface area contributed by atoms with Crippen molar-refractivity contribution >= 4 is 33.5 Å². The second-order valence-corrected chi connectivity index (χ2v) is 12.3. The lowest BCUT2D eigenvalue weighted by atomic mass is 9.99. The van der Waals surface area contributed by atoms with Gasteiger partial charge in [-0.2, -0.15) is 0 Å². The zero-order chi connectivity index (χ0) is 34.2. The second kappa shape index (κ2) is 19.7. The average molecular weight is 649 g/mol. The predicted molar refractivity (Wildman–Crippen MR) is 187 cm³/mol. The van der Waals surface area contributed by atoms with E-state index in [1.165, 1.54) is 0 Å². The highest BCUT2D eigenvalue weighted by atomic mass is 16.6. The van der Waals surface area contributed by atoms with Crippen LogP contribution in [-0.4, -0.2) is 63.8 Å². The number of rotatable bonds is 22. The summed E-state index contributed by atoms with van der Waals surface area (Å²) in [5.74, 6) is 0.773. The molecule has 0 aliphatic carbocycles. The fourth-order valence-electron chi connectivity index (χ4n) is 4.97. The van der Waals surface area contributed by atoms with Gasteiger partial charge in [-0.25, -0.2) is 0 Å². The number of ether oxygens (including phenoxy) is 6. The maximum absolute atomic E-state index is 12.6. The van der Waals surface area contributed by atoms with Gasteiger partial charge in [-0.05, 0) is 39.7 Å². The van der Waals surface area contributed by atoms with Gasteiger partial charge < -0.3 is 28.4 Å². The summed E-state index contributed by atoms with van der Waals surface area (Å²) < 4.78 is 36.2. The summed E-state index contributed by atoms with van der Waals surface area (Å²) in [6.07, 6.45) is 2.80. The van der Waals surface area contributed by atoms with E-state index in [-0.39, 0.29) is 38.4 Å². The van der Waals surface area contributed by atoms with Gasteiger partial charge in [0.05, 0.1) is 26.4 Å². The van der Waals surface area contributed by atoms with Crippen LogP contribution in [0.15, 0.2) is 66.8 Å². The minimum absolute atomic E-state index is 0.108. The van der Waals surface area contributed by atoms with Gasteiger partial charge in [-0.15, -0.1) is 0 Å². The molecular weight excluding hydrogens is 596 g/mol. The summed E-state index contributed by atoms with van der Waals surface area (Å²) in [7, 11) is 0. The molecule has 0 bridgehead atoms. The monoisotopic (exact) mass is 648 g/mol. The lowest BCUT2D eigenvalue weighted by Gasteiger charge is -2.23. The van der Waals surface area contributed by atoms with E-state index in [2.05, 4.69) is 19.2 Å². The standard InChI is InChI=1S/C39H52O8/c1-8-10-16-36(40)46-30(23-42-21-27(3)4)25-44-38-32-14-12-13-15-33(32)39(35-20-29(7)18-19-34(35)38)45-26-31(24-43-22-28(5)6)47-37(41)17-11-9-2/h12-15,18-20,30-31H,3,5,8-11,16-17,21-26H2,1-2,4,6-7H3. The lowest BCUT2D eigenvalue weighted by molar-refractivity contribution is -0.154. The average Bonchev–Trinajstić information content (AvgIpc) is 3.03. The third-order valence-corrected chi connectivity index (χ3v) is 7.28. The van der Waals surface area contributed by atoms with Crippen LogP contribution < -0.4 is 9.47 Å². The number of fused-ring (bicyclic) bond motifs is 2. The molecule has 0 fully saturated rings. The molecule has 47 heavy (non-hydrogen) atoms. The van der Waals surface area contributed by atoms with Crippen LogP contribution in [0.4, 0.5) is 0 Å². The van der Waals surface area contributed by atoms with Crippen LogP contribution in [-0.2, 0) is 28.5 Å². The highest BCUT2D eigenvalue weighted by Gasteiger charge is 2.22. The molecular formula is C39H52O8. The minimum atomic E-state index is -0.601. The molecule has 0 spiro atoms. The molecule has 2 unspecified atom stereocenters. The fraction of sp³-hybridized carbons (Fsp3) is 0.487. The van der Waals surface area contributed by atoms with E-state index in [0.717, 1.165) is 63.9 Å². The van der Waals surface area contributed by atoms with E-state index in [0.29, 0.717) is 37.6 Å². The molecule has 0 radical (unpaired) electrons. The van der Waals surface area contributed by atoms with Crippen LogP contribution in [0.25, 0.3) is 21.5 Å². The van der Waals surface area contributed by atoms with Crippen molar-refractivity contribution in [1.29, 1.82) is 0 Å². The number of esters is 2. The van der Waals surface area contributed by atoms with Gasteiger partial charge in [0.25, 0.3) is 0 Å². The number of aryl methyl sites for hydroxylation is 1. The second-order valence-electron chi connectivity index (χ2n) is 12.3. The molecule has 0 saturated carbocycles. The first-order chi connectivity index (χ1) is 22.6. The van der Waals surface area contributed by atoms with Gasteiger partial charge in [0, 0.05) is 34.4 Å². The van der Waals surface area contributed by atoms with Crippen molar-refractivity contribution in [3.05, 3.63) is 72.3 Å². The Bertz CT molecular complexity index is 1490. The Hall–Kier alpha value is -3.88. The topological polar surface area (TPSA) is 89.5 Å². The van der Waals surface area contributed by atoms with Crippen molar-refractivity contribution in [3.8, 4) is 11.5 Å². The van der Waals surface area contributed by atoms with Crippen molar-refractivity contribution in [1.82, 2.24) is 0 Å². The third kappa shape index (κ3) is 12.3. The number of benzene rings is 3. The van der Waals surface area contributed by atoms with E-state index in [4.69, 9.17) is 28.4 Å². The molecule has 3 aromatic rings. The first-order valence-electron chi connectivity index (χ1n) is 16.7. The summed E-state index contributed by atoms with van der Waals surface area (Å²) in [6, 6.07) is 13.9. The fourth-order valence-corrected chi connectivity index (χ4v) is 4.97. The van der Waals surface area contributed by atoms with Crippen molar-refractivity contribution < 1.29 is 38.0 Å². The highest BCUT2D eigenvalue weighted by Crippen LogP contribution is 2.43. The van der Waals surface area contributed by atoms with Crippen molar-refractivity contribution in [2.24, 2.45) is 0 Å². The predicted octanol–water partition coefficient (Wildman–Crippen LogP) is 8.45. The van der Waals surface area contributed by atoms with Gasteiger partial charge in [0.1, 0.15) is 24.7 Å². The van der Waals surface area contributed by atoms with Crippen molar-refractivity contribution in [2.45, 2.75) is 85.4 Å². The first kappa shape index (κ1) is 37.6. The molecule has 0 aromatic heterocycles. The largest absolute Gasteiger partial charge is 0.488 e. The van der Waals surface area contributed by atoms with Crippen LogP contribution in [0.2, 0.25) is 0 Å². The Morgan fingerprint density at radius 2 is 1.11 bits per heavy atom. The molecule has 256 valence electrons. The van der Waals surface area contributed by atoms with E-state index < -0.39 is 12.2 Å². The SMILES string of the molecule is C=C(C)COCC(COc1c2ccccc2c(OCC(COCC(=C)C)OC(=O)CCCC)c2cc(C)ccc12)OC(=O)CCCC. The summed E-state index contributed by atoms with van der Waals surface area (Å²) in [5, 5.41) is 3.38. The summed E-state index contributed by atoms with van der Waals surface area (Å²) >= 11 is 0.